The smallest absolute Gasteiger partial charge is 0.341 e. The van der Waals surface area contributed by atoms with E-state index in [1.54, 1.807) is 4.58 Å². The maximum Gasteiger partial charge on any atom is 0.341 e. The number of nitrogens with zero attached hydrogens (tertiary/aromatic N) is 1. The molecule has 0 atom stereocenters. The normalized spacial score (nSPS) is 18.4. The summed E-state index contributed by atoms with van der Waals surface area (Å²) in [6.45, 7) is 1.60. The molecule has 1 saturated heterocycles. The van der Waals surface area contributed by atoms with Crippen LogP contribution in [-0.4, -0.2) is 36.1 Å². The number of nitrogens with one attached hydrogen (secondary N) is 1. The molecule has 0 aliphatic carbocycles. The van der Waals surface area contributed by atoms with Gasteiger partial charge >= 0.3 is 5.96 Å². The number of hydrogen-bond acceptors (Lipinski definition) is 1. The molecule has 10 heavy (non-hydrogen) atoms. The summed E-state index contributed by atoms with van der Waals surface area (Å²) >= 11 is 0. The Kier molecular flexibility index (Phi) is 1.75. The van der Waals surface area contributed by atoms with Crippen molar-refractivity contribution in [2.75, 3.05) is 19.6 Å². The van der Waals surface area contributed by atoms with Gasteiger partial charge < -0.3 is 5.32 Å². The largest absolute Gasteiger partial charge is 0.350 e. The number of carbonyl (C=O) groups is 1. The Balaban J connectivity index is 2.64. The predicted molar refractivity (Wildman–Crippen MR) is 36.4 cm³/mol. The maximum absolute atomic E-state index is 10.7. The first-order valence-electron chi connectivity index (χ1n) is 3.09. The maximum atomic E-state index is 10.7. The molecular formula is C5H11N4O+. The van der Waals surface area contributed by atoms with E-state index >= 15 is 0 Å². The molecule has 1 fully saturated rings. The summed E-state index contributed by atoms with van der Waals surface area (Å²) in [5, 5.41) is 2.66. The van der Waals surface area contributed by atoms with Crippen LogP contribution in [0.3, 0.4) is 0 Å². The highest BCUT2D eigenvalue weighted by atomic mass is 16.2. The highest BCUT2D eigenvalue weighted by molar-refractivity contribution is 5.79. The molecule has 0 saturated carbocycles. The lowest BCUT2D eigenvalue weighted by Gasteiger charge is -2.14. The van der Waals surface area contributed by atoms with Gasteiger partial charge in [0.05, 0.1) is 6.54 Å². The summed E-state index contributed by atoms with van der Waals surface area (Å²) in [6, 6.07) is 0. The first-order chi connectivity index (χ1) is 4.70. The second-order valence-electron chi connectivity index (χ2n) is 2.20. The minimum absolute atomic E-state index is 0.0281. The molecule has 56 valence electrons. The van der Waals surface area contributed by atoms with E-state index in [2.05, 4.69) is 5.32 Å². The van der Waals surface area contributed by atoms with Crippen LogP contribution in [0.4, 0.5) is 0 Å². The van der Waals surface area contributed by atoms with Crippen molar-refractivity contribution in [3.05, 3.63) is 0 Å². The fraction of sp³-hybridized carbons (Fsp3) is 0.600. The fourth-order valence-corrected chi connectivity index (χ4v) is 0.859. The van der Waals surface area contributed by atoms with Crippen molar-refractivity contribution < 1.29 is 9.37 Å². The molecule has 0 unspecified atom stereocenters. The molecule has 0 aromatic carbocycles. The Bertz CT molecular complexity index is 182. The summed E-state index contributed by atoms with van der Waals surface area (Å²) in [5.41, 5.74) is 10.5. The van der Waals surface area contributed by atoms with E-state index in [1.807, 2.05) is 0 Å². The van der Waals surface area contributed by atoms with Gasteiger partial charge in [-0.25, -0.2) is 0 Å². The molecule has 1 amide bonds. The highest BCUT2D eigenvalue weighted by Crippen LogP contribution is 1.81. The zero-order valence-electron chi connectivity index (χ0n) is 5.63. The van der Waals surface area contributed by atoms with Gasteiger partial charge in [0.1, 0.15) is 6.54 Å². The van der Waals surface area contributed by atoms with E-state index in [4.69, 9.17) is 11.5 Å². The van der Waals surface area contributed by atoms with Gasteiger partial charge in [-0.3, -0.25) is 20.8 Å². The highest BCUT2D eigenvalue weighted by Gasteiger charge is 2.14. The van der Waals surface area contributed by atoms with Gasteiger partial charge in [0, 0.05) is 6.54 Å². The van der Waals surface area contributed by atoms with Crippen molar-refractivity contribution in [3.63, 3.8) is 0 Å². The van der Waals surface area contributed by atoms with Crippen LogP contribution in [-0.2, 0) is 4.79 Å². The average Bonchev–Trinajstić information content (AvgIpc) is 1.88. The topological polar surface area (TPSA) is 84.2 Å². The number of carbonyl (C=O) groups excluding carboxylic acids is 1. The van der Waals surface area contributed by atoms with Crippen molar-refractivity contribution in [1.82, 2.24) is 5.32 Å². The monoisotopic (exact) mass is 143 g/mol. The van der Waals surface area contributed by atoms with Gasteiger partial charge in [-0.05, 0) is 0 Å². The number of rotatable bonds is 0. The third-order valence-corrected chi connectivity index (χ3v) is 1.40. The summed E-state index contributed by atoms with van der Waals surface area (Å²) in [7, 11) is 0. The lowest BCUT2D eigenvalue weighted by Crippen LogP contribution is -2.49. The summed E-state index contributed by atoms with van der Waals surface area (Å²) < 4.78 is 1.64. The van der Waals surface area contributed by atoms with Crippen LogP contribution in [0.25, 0.3) is 0 Å². The first kappa shape index (κ1) is 6.85. The Morgan fingerprint density at radius 2 is 2.30 bits per heavy atom. The van der Waals surface area contributed by atoms with Gasteiger partial charge in [-0.2, -0.15) is 0 Å². The van der Waals surface area contributed by atoms with Gasteiger partial charge in [0.15, 0.2) is 0 Å². The number of amides is 1. The van der Waals surface area contributed by atoms with E-state index in [1.165, 1.54) is 0 Å². The molecule has 1 heterocycles. The third kappa shape index (κ3) is 1.37. The first-order valence-corrected chi connectivity index (χ1v) is 3.09. The van der Waals surface area contributed by atoms with Crippen LogP contribution in [0.5, 0.6) is 0 Å². The zero-order chi connectivity index (χ0) is 7.56. The Hall–Kier alpha value is -1.26. The number of piperazine rings is 1. The van der Waals surface area contributed by atoms with Crippen LogP contribution in [0.15, 0.2) is 0 Å². The van der Waals surface area contributed by atoms with Crippen LogP contribution in [0.2, 0.25) is 0 Å². The van der Waals surface area contributed by atoms with Crippen molar-refractivity contribution in [2.45, 2.75) is 0 Å². The second kappa shape index (κ2) is 2.55. The lowest BCUT2D eigenvalue weighted by molar-refractivity contribution is -0.521. The molecule has 0 spiro atoms. The summed E-state index contributed by atoms with van der Waals surface area (Å²) in [4.78, 5) is 10.7. The summed E-state index contributed by atoms with van der Waals surface area (Å²) in [5.74, 6) is 0.189. The Labute approximate surface area is 58.7 Å². The Morgan fingerprint density at radius 1 is 1.60 bits per heavy atom. The molecule has 5 N–H and O–H groups in total. The van der Waals surface area contributed by atoms with Crippen molar-refractivity contribution in [2.24, 2.45) is 11.5 Å². The predicted octanol–water partition coefficient (Wildman–Crippen LogP) is -2.60. The van der Waals surface area contributed by atoms with Crippen molar-refractivity contribution >= 4 is 11.9 Å². The van der Waals surface area contributed by atoms with E-state index in [9.17, 15) is 4.79 Å². The zero-order valence-corrected chi connectivity index (χ0v) is 5.63. The van der Waals surface area contributed by atoms with Crippen LogP contribution in [0.1, 0.15) is 0 Å². The average molecular weight is 143 g/mol. The minimum Gasteiger partial charge on any atom is -0.350 e. The SMILES string of the molecule is NC(N)=[N+]1CCNC(=O)C1. The second-order valence-corrected chi connectivity index (χ2v) is 2.20. The fourth-order valence-electron chi connectivity index (χ4n) is 0.859. The molecule has 1 aliphatic heterocycles. The molecular weight excluding hydrogens is 132 g/mol. The van der Waals surface area contributed by atoms with Crippen LogP contribution in [0, 0.1) is 0 Å². The number of guanidine groups is 1. The van der Waals surface area contributed by atoms with Crippen LogP contribution < -0.4 is 16.8 Å². The third-order valence-electron chi connectivity index (χ3n) is 1.40. The molecule has 0 bridgehead atoms. The van der Waals surface area contributed by atoms with Crippen LogP contribution >= 0.6 is 0 Å². The van der Waals surface area contributed by atoms with Gasteiger partial charge in [-0.1, -0.05) is 0 Å². The molecule has 1 aliphatic rings. The van der Waals surface area contributed by atoms with Gasteiger partial charge in [0.25, 0.3) is 5.91 Å². The summed E-state index contributed by atoms with van der Waals surface area (Å²) in [6.07, 6.45) is 0. The number of hydrogen-bond donors (Lipinski definition) is 3. The van der Waals surface area contributed by atoms with Crippen molar-refractivity contribution in [1.29, 1.82) is 0 Å². The number of nitrogens with two attached hydrogens (primary N) is 2. The van der Waals surface area contributed by atoms with E-state index in [0.29, 0.717) is 13.1 Å². The quantitative estimate of drug-likeness (QED) is 0.257. The van der Waals surface area contributed by atoms with E-state index in [-0.39, 0.29) is 18.4 Å². The lowest BCUT2D eigenvalue weighted by atomic mass is 10.4. The van der Waals surface area contributed by atoms with E-state index in [0.717, 1.165) is 0 Å². The molecule has 5 nitrogen and oxygen atoms in total. The molecule has 5 heteroatoms. The minimum atomic E-state index is -0.0281. The standard InChI is InChI=1S/C5H10N4O/c6-5(7)9-2-1-8-4(10)3-9/h1-3H2,(H4,6,7,8,10)/p+1. The molecule has 1 rings (SSSR count). The van der Waals surface area contributed by atoms with Crippen molar-refractivity contribution in [3.8, 4) is 0 Å². The van der Waals surface area contributed by atoms with Gasteiger partial charge in [-0.15, -0.1) is 0 Å². The Morgan fingerprint density at radius 3 is 2.70 bits per heavy atom. The van der Waals surface area contributed by atoms with E-state index < -0.39 is 0 Å². The van der Waals surface area contributed by atoms with Gasteiger partial charge in [0.2, 0.25) is 0 Å². The molecule has 0 radical (unpaired) electrons. The molecule has 0 aromatic heterocycles. The molecule has 0 aromatic rings.